The summed E-state index contributed by atoms with van der Waals surface area (Å²) in [6, 6.07) is 0.527. The van der Waals surface area contributed by atoms with Gasteiger partial charge in [-0.1, -0.05) is 19.8 Å². The molecular formula is C10H18N2S. The van der Waals surface area contributed by atoms with Crippen LogP contribution in [0.25, 0.3) is 0 Å². The van der Waals surface area contributed by atoms with Gasteiger partial charge in [0.2, 0.25) is 0 Å². The third kappa shape index (κ3) is 2.44. The second-order valence-corrected chi connectivity index (χ2v) is 3.98. The van der Waals surface area contributed by atoms with Gasteiger partial charge in [0.05, 0.1) is 0 Å². The van der Waals surface area contributed by atoms with E-state index in [9.17, 15) is 0 Å². The molecule has 74 valence electrons. The highest BCUT2D eigenvalue weighted by molar-refractivity contribution is 7.71. The SMILES string of the molecule is CCCCC(C)n1c(C)c[nH]c1=S. The van der Waals surface area contributed by atoms with Crippen molar-refractivity contribution in [2.75, 3.05) is 0 Å². The van der Waals surface area contributed by atoms with Gasteiger partial charge < -0.3 is 9.55 Å². The quantitative estimate of drug-likeness (QED) is 0.733. The summed E-state index contributed by atoms with van der Waals surface area (Å²) in [5, 5.41) is 0. The largest absolute Gasteiger partial charge is 0.337 e. The Morgan fingerprint density at radius 1 is 1.62 bits per heavy atom. The average molecular weight is 198 g/mol. The second-order valence-electron chi connectivity index (χ2n) is 3.60. The topological polar surface area (TPSA) is 20.7 Å². The summed E-state index contributed by atoms with van der Waals surface area (Å²) in [5.74, 6) is 0. The minimum Gasteiger partial charge on any atom is -0.337 e. The van der Waals surface area contributed by atoms with Crippen molar-refractivity contribution in [3.63, 3.8) is 0 Å². The van der Waals surface area contributed by atoms with Crippen LogP contribution in [-0.4, -0.2) is 9.55 Å². The molecule has 0 saturated carbocycles. The number of aromatic nitrogens is 2. The van der Waals surface area contributed by atoms with E-state index in [-0.39, 0.29) is 0 Å². The molecule has 0 aliphatic carbocycles. The highest BCUT2D eigenvalue weighted by atomic mass is 32.1. The van der Waals surface area contributed by atoms with Crippen molar-refractivity contribution >= 4 is 12.2 Å². The molecule has 1 rings (SSSR count). The summed E-state index contributed by atoms with van der Waals surface area (Å²) in [5.41, 5.74) is 1.23. The van der Waals surface area contributed by atoms with Gasteiger partial charge in [-0.25, -0.2) is 0 Å². The maximum absolute atomic E-state index is 5.21. The van der Waals surface area contributed by atoms with Crippen LogP contribution in [0, 0.1) is 11.7 Å². The first-order valence-corrected chi connectivity index (χ1v) is 5.34. The molecular weight excluding hydrogens is 180 g/mol. The summed E-state index contributed by atoms with van der Waals surface area (Å²) in [4.78, 5) is 3.07. The molecule has 1 atom stereocenters. The lowest BCUT2D eigenvalue weighted by atomic mass is 10.1. The fraction of sp³-hybridized carbons (Fsp3) is 0.700. The van der Waals surface area contributed by atoms with Crippen LogP contribution in [0.15, 0.2) is 6.20 Å². The van der Waals surface area contributed by atoms with Gasteiger partial charge in [0.15, 0.2) is 4.77 Å². The van der Waals surface area contributed by atoms with Crippen LogP contribution in [0.2, 0.25) is 0 Å². The molecule has 0 aliphatic heterocycles. The molecule has 13 heavy (non-hydrogen) atoms. The van der Waals surface area contributed by atoms with E-state index in [0.717, 1.165) is 4.77 Å². The van der Waals surface area contributed by atoms with Gasteiger partial charge in [-0.3, -0.25) is 0 Å². The van der Waals surface area contributed by atoms with E-state index in [4.69, 9.17) is 12.2 Å². The lowest BCUT2D eigenvalue weighted by Crippen LogP contribution is -2.06. The number of nitrogens with zero attached hydrogens (tertiary/aromatic N) is 1. The normalized spacial score (nSPS) is 13.2. The second kappa shape index (κ2) is 4.61. The number of H-pyrrole nitrogens is 1. The van der Waals surface area contributed by atoms with E-state index in [0.29, 0.717) is 6.04 Å². The van der Waals surface area contributed by atoms with Crippen molar-refractivity contribution in [3.8, 4) is 0 Å². The van der Waals surface area contributed by atoms with Crippen LogP contribution in [0.3, 0.4) is 0 Å². The van der Waals surface area contributed by atoms with E-state index in [1.165, 1.54) is 25.0 Å². The highest BCUT2D eigenvalue weighted by Gasteiger charge is 2.07. The molecule has 0 bridgehead atoms. The molecule has 0 amide bonds. The monoisotopic (exact) mass is 198 g/mol. The Kier molecular flexibility index (Phi) is 3.72. The first kappa shape index (κ1) is 10.5. The predicted molar refractivity (Wildman–Crippen MR) is 58.6 cm³/mol. The Labute approximate surface area is 85.0 Å². The van der Waals surface area contributed by atoms with Crippen LogP contribution < -0.4 is 0 Å². The van der Waals surface area contributed by atoms with Crippen LogP contribution >= 0.6 is 12.2 Å². The Hall–Kier alpha value is -0.570. The van der Waals surface area contributed by atoms with Gasteiger partial charge in [-0.15, -0.1) is 0 Å². The first-order chi connectivity index (χ1) is 6.16. The van der Waals surface area contributed by atoms with Crippen molar-refractivity contribution in [2.24, 2.45) is 0 Å². The van der Waals surface area contributed by atoms with Gasteiger partial charge >= 0.3 is 0 Å². The van der Waals surface area contributed by atoms with Crippen LogP contribution in [0.1, 0.15) is 44.8 Å². The number of hydrogen-bond acceptors (Lipinski definition) is 1. The molecule has 0 aliphatic rings. The van der Waals surface area contributed by atoms with Crippen molar-refractivity contribution < 1.29 is 0 Å². The minimum atomic E-state index is 0.527. The van der Waals surface area contributed by atoms with Crippen molar-refractivity contribution in [3.05, 3.63) is 16.7 Å². The number of hydrogen-bond donors (Lipinski definition) is 1. The number of aromatic amines is 1. The molecule has 0 fully saturated rings. The Balaban J connectivity index is 2.75. The molecule has 0 saturated heterocycles. The molecule has 1 N–H and O–H groups in total. The summed E-state index contributed by atoms with van der Waals surface area (Å²) in [6.45, 7) is 6.54. The van der Waals surface area contributed by atoms with Crippen LogP contribution in [0.5, 0.6) is 0 Å². The van der Waals surface area contributed by atoms with Crippen molar-refractivity contribution in [2.45, 2.75) is 46.1 Å². The summed E-state index contributed by atoms with van der Waals surface area (Å²) < 4.78 is 3.05. The third-order valence-corrected chi connectivity index (χ3v) is 2.73. The lowest BCUT2D eigenvalue weighted by molar-refractivity contribution is 0.473. The fourth-order valence-corrected chi connectivity index (χ4v) is 2.02. The molecule has 2 nitrogen and oxygen atoms in total. The smallest absolute Gasteiger partial charge is 0.177 e. The summed E-state index contributed by atoms with van der Waals surface area (Å²) in [6.07, 6.45) is 5.71. The Bertz CT molecular complexity index is 311. The third-order valence-electron chi connectivity index (χ3n) is 2.42. The zero-order valence-electron chi connectivity index (χ0n) is 8.63. The zero-order chi connectivity index (χ0) is 9.84. The summed E-state index contributed by atoms with van der Waals surface area (Å²) in [7, 11) is 0. The minimum absolute atomic E-state index is 0.527. The molecule has 0 radical (unpaired) electrons. The molecule has 0 aromatic carbocycles. The molecule has 3 heteroatoms. The molecule has 1 unspecified atom stereocenters. The molecule has 1 heterocycles. The van der Waals surface area contributed by atoms with Crippen molar-refractivity contribution in [1.82, 2.24) is 9.55 Å². The zero-order valence-corrected chi connectivity index (χ0v) is 9.45. The number of nitrogens with one attached hydrogen (secondary N) is 1. The molecule has 0 spiro atoms. The highest BCUT2D eigenvalue weighted by Crippen LogP contribution is 2.16. The lowest BCUT2D eigenvalue weighted by Gasteiger charge is -2.14. The fourth-order valence-electron chi connectivity index (χ4n) is 1.64. The average Bonchev–Trinajstić information content (AvgIpc) is 2.42. The number of unbranched alkanes of at least 4 members (excludes halogenated alkanes) is 1. The van der Waals surface area contributed by atoms with Gasteiger partial charge in [0, 0.05) is 17.9 Å². The number of imidazole rings is 1. The van der Waals surface area contributed by atoms with E-state index in [1.54, 1.807) is 0 Å². The van der Waals surface area contributed by atoms with Gasteiger partial charge in [0.25, 0.3) is 0 Å². The van der Waals surface area contributed by atoms with Gasteiger partial charge in [0.1, 0.15) is 0 Å². The van der Waals surface area contributed by atoms with E-state index >= 15 is 0 Å². The Morgan fingerprint density at radius 3 is 2.77 bits per heavy atom. The van der Waals surface area contributed by atoms with E-state index < -0.39 is 0 Å². The standard InChI is InChI=1S/C10H18N2S/c1-4-5-6-8(2)12-9(3)7-11-10(12)13/h7-8H,4-6H2,1-3H3,(H,11,13). The molecule has 1 aromatic rings. The predicted octanol–water partition coefficient (Wildman–Crippen LogP) is 3.61. The number of aryl methyl sites for hydroxylation is 1. The van der Waals surface area contributed by atoms with Crippen LogP contribution in [-0.2, 0) is 0 Å². The van der Waals surface area contributed by atoms with Gasteiger partial charge in [-0.05, 0) is 32.5 Å². The van der Waals surface area contributed by atoms with Crippen LogP contribution in [0.4, 0.5) is 0 Å². The summed E-state index contributed by atoms with van der Waals surface area (Å²) >= 11 is 5.21. The van der Waals surface area contributed by atoms with E-state index in [1.807, 2.05) is 6.20 Å². The van der Waals surface area contributed by atoms with E-state index in [2.05, 4.69) is 30.3 Å². The number of rotatable bonds is 4. The van der Waals surface area contributed by atoms with Gasteiger partial charge in [-0.2, -0.15) is 0 Å². The maximum atomic E-state index is 5.21. The Morgan fingerprint density at radius 2 is 2.31 bits per heavy atom. The molecule has 1 aromatic heterocycles. The first-order valence-electron chi connectivity index (χ1n) is 4.93. The maximum Gasteiger partial charge on any atom is 0.177 e. The van der Waals surface area contributed by atoms with Crippen molar-refractivity contribution in [1.29, 1.82) is 0 Å².